The Kier molecular flexibility index (Phi) is 4.70. The van der Waals surface area contributed by atoms with Gasteiger partial charge in [-0.15, -0.1) is 0 Å². The second-order valence-corrected chi connectivity index (χ2v) is 5.25. The fourth-order valence-corrected chi connectivity index (χ4v) is 2.40. The van der Waals surface area contributed by atoms with E-state index in [1.54, 1.807) is 24.3 Å². The first-order valence-electron chi connectivity index (χ1n) is 7.45. The number of hydrogen-bond donors (Lipinski definition) is 1. The molecule has 0 aliphatic heterocycles. The van der Waals surface area contributed by atoms with Crippen LogP contribution in [0.5, 0.6) is 0 Å². The lowest BCUT2D eigenvalue weighted by Gasteiger charge is -2.09. The molecule has 4 nitrogen and oxygen atoms in total. The van der Waals surface area contributed by atoms with Gasteiger partial charge in [0.25, 0.3) is 5.91 Å². The van der Waals surface area contributed by atoms with Gasteiger partial charge in [0.15, 0.2) is 6.61 Å². The zero-order valence-electron chi connectivity index (χ0n) is 13.0. The van der Waals surface area contributed by atoms with Crippen molar-refractivity contribution in [2.24, 2.45) is 0 Å². The SMILES string of the molecule is O=C(COC(=O)c1cccc2ccccc12)Nc1c(F)cccc1F. The van der Waals surface area contributed by atoms with Crippen LogP contribution in [0.1, 0.15) is 10.4 Å². The summed E-state index contributed by atoms with van der Waals surface area (Å²) in [7, 11) is 0. The van der Waals surface area contributed by atoms with E-state index in [9.17, 15) is 18.4 Å². The zero-order valence-corrected chi connectivity index (χ0v) is 13.0. The molecule has 1 N–H and O–H groups in total. The third-order valence-electron chi connectivity index (χ3n) is 3.57. The molecule has 6 heteroatoms. The molecule has 3 aromatic carbocycles. The second kappa shape index (κ2) is 7.09. The molecule has 3 aromatic rings. The summed E-state index contributed by atoms with van der Waals surface area (Å²) in [4.78, 5) is 24.0. The van der Waals surface area contributed by atoms with Gasteiger partial charge in [-0.1, -0.05) is 42.5 Å². The van der Waals surface area contributed by atoms with Crippen molar-refractivity contribution in [3.05, 3.63) is 77.9 Å². The number of benzene rings is 3. The van der Waals surface area contributed by atoms with Crippen LogP contribution in [0.15, 0.2) is 60.7 Å². The van der Waals surface area contributed by atoms with E-state index in [4.69, 9.17) is 4.74 Å². The summed E-state index contributed by atoms with van der Waals surface area (Å²) >= 11 is 0. The summed E-state index contributed by atoms with van der Waals surface area (Å²) in [6.45, 7) is -0.657. The van der Waals surface area contributed by atoms with Crippen molar-refractivity contribution < 1.29 is 23.1 Å². The van der Waals surface area contributed by atoms with Crippen molar-refractivity contribution >= 4 is 28.3 Å². The number of hydrogen-bond acceptors (Lipinski definition) is 3. The van der Waals surface area contributed by atoms with Crippen molar-refractivity contribution in [3.63, 3.8) is 0 Å². The lowest BCUT2D eigenvalue weighted by Crippen LogP contribution is -2.22. The predicted molar refractivity (Wildman–Crippen MR) is 89.2 cm³/mol. The molecule has 0 saturated carbocycles. The summed E-state index contributed by atoms with van der Waals surface area (Å²) in [5, 5.41) is 3.60. The largest absolute Gasteiger partial charge is 0.452 e. The Hall–Kier alpha value is -3.28. The van der Waals surface area contributed by atoms with Gasteiger partial charge in [0.1, 0.15) is 17.3 Å². The Bertz CT molecular complexity index is 931. The van der Waals surface area contributed by atoms with E-state index in [2.05, 4.69) is 5.32 Å². The fraction of sp³-hybridized carbons (Fsp3) is 0.0526. The average molecular weight is 341 g/mol. The molecule has 0 atom stereocenters. The molecule has 0 bridgehead atoms. The minimum absolute atomic E-state index is 0.308. The number of nitrogens with one attached hydrogen (secondary N) is 1. The van der Waals surface area contributed by atoms with E-state index in [0.29, 0.717) is 10.9 Å². The molecular formula is C19H13F2NO3. The van der Waals surface area contributed by atoms with E-state index < -0.39 is 35.8 Å². The van der Waals surface area contributed by atoms with Crippen molar-refractivity contribution in [2.75, 3.05) is 11.9 Å². The van der Waals surface area contributed by atoms with Crippen LogP contribution in [0.4, 0.5) is 14.5 Å². The maximum absolute atomic E-state index is 13.5. The minimum atomic E-state index is -0.909. The van der Waals surface area contributed by atoms with Crippen LogP contribution in [0, 0.1) is 11.6 Å². The molecule has 0 saturated heterocycles. The van der Waals surface area contributed by atoms with Gasteiger partial charge in [0, 0.05) is 0 Å². The van der Waals surface area contributed by atoms with Gasteiger partial charge in [0.2, 0.25) is 0 Å². The minimum Gasteiger partial charge on any atom is -0.452 e. The maximum atomic E-state index is 13.5. The highest BCUT2D eigenvalue weighted by atomic mass is 19.1. The summed E-state index contributed by atoms with van der Waals surface area (Å²) in [6, 6.07) is 15.6. The Morgan fingerprint density at radius 2 is 1.52 bits per heavy atom. The number of carbonyl (C=O) groups is 2. The van der Waals surface area contributed by atoms with Crippen LogP contribution >= 0.6 is 0 Å². The van der Waals surface area contributed by atoms with Crippen LogP contribution in [0.25, 0.3) is 10.8 Å². The number of ether oxygens (including phenoxy) is 1. The van der Waals surface area contributed by atoms with E-state index >= 15 is 0 Å². The van der Waals surface area contributed by atoms with Gasteiger partial charge in [0.05, 0.1) is 5.56 Å². The van der Waals surface area contributed by atoms with Gasteiger partial charge in [-0.3, -0.25) is 4.79 Å². The Labute approximate surface area is 142 Å². The second-order valence-electron chi connectivity index (χ2n) is 5.25. The summed E-state index contributed by atoms with van der Waals surface area (Å²) < 4.78 is 31.9. The molecule has 0 radical (unpaired) electrons. The number of fused-ring (bicyclic) bond motifs is 1. The first kappa shape index (κ1) is 16.6. The lowest BCUT2D eigenvalue weighted by atomic mass is 10.1. The predicted octanol–water partition coefficient (Wildman–Crippen LogP) is 3.91. The quantitative estimate of drug-likeness (QED) is 0.732. The number of carbonyl (C=O) groups excluding carboxylic acids is 2. The molecule has 0 fully saturated rings. The van der Waals surface area contributed by atoms with Crippen molar-refractivity contribution in [3.8, 4) is 0 Å². The van der Waals surface area contributed by atoms with Crippen LogP contribution in [0.3, 0.4) is 0 Å². The van der Waals surface area contributed by atoms with E-state index in [0.717, 1.165) is 17.5 Å². The number of para-hydroxylation sites is 1. The molecule has 1 amide bonds. The molecular weight excluding hydrogens is 328 g/mol. The highest BCUT2D eigenvalue weighted by Crippen LogP contribution is 2.20. The normalized spacial score (nSPS) is 10.5. The van der Waals surface area contributed by atoms with E-state index in [1.165, 1.54) is 6.07 Å². The molecule has 3 rings (SSSR count). The van der Waals surface area contributed by atoms with Gasteiger partial charge >= 0.3 is 5.97 Å². The molecule has 0 aromatic heterocycles. The molecule has 25 heavy (non-hydrogen) atoms. The van der Waals surface area contributed by atoms with Gasteiger partial charge in [-0.25, -0.2) is 13.6 Å². The van der Waals surface area contributed by atoms with Crippen molar-refractivity contribution in [2.45, 2.75) is 0 Å². The van der Waals surface area contributed by atoms with Gasteiger partial charge in [-0.05, 0) is 29.0 Å². The first-order valence-corrected chi connectivity index (χ1v) is 7.45. The van der Waals surface area contributed by atoms with Crippen LogP contribution in [0.2, 0.25) is 0 Å². The first-order chi connectivity index (χ1) is 12.1. The monoisotopic (exact) mass is 341 g/mol. The topological polar surface area (TPSA) is 55.4 Å². The zero-order chi connectivity index (χ0) is 17.8. The third kappa shape index (κ3) is 3.63. The van der Waals surface area contributed by atoms with Crippen molar-refractivity contribution in [1.29, 1.82) is 0 Å². The maximum Gasteiger partial charge on any atom is 0.339 e. The van der Waals surface area contributed by atoms with Gasteiger partial charge in [-0.2, -0.15) is 0 Å². The average Bonchev–Trinajstić information content (AvgIpc) is 2.62. The van der Waals surface area contributed by atoms with Crippen LogP contribution in [-0.2, 0) is 9.53 Å². The lowest BCUT2D eigenvalue weighted by molar-refractivity contribution is -0.119. The van der Waals surface area contributed by atoms with Crippen molar-refractivity contribution in [1.82, 2.24) is 0 Å². The number of anilines is 1. The Morgan fingerprint density at radius 1 is 0.880 bits per heavy atom. The number of amides is 1. The summed E-state index contributed by atoms with van der Waals surface area (Å²) in [5.41, 5.74) is -0.267. The highest BCUT2D eigenvalue weighted by Gasteiger charge is 2.15. The molecule has 126 valence electrons. The summed E-state index contributed by atoms with van der Waals surface area (Å²) in [5.74, 6) is -3.35. The number of esters is 1. The van der Waals surface area contributed by atoms with E-state index in [-0.39, 0.29) is 0 Å². The van der Waals surface area contributed by atoms with Crippen LogP contribution < -0.4 is 5.32 Å². The smallest absolute Gasteiger partial charge is 0.339 e. The Morgan fingerprint density at radius 3 is 2.28 bits per heavy atom. The molecule has 0 aliphatic rings. The third-order valence-corrected chi connectivity index (χ3v) is 3.57. The molecule has 0 spiro atoms. The standard InChI is InChI=1S/C19H13F2NO3/c20-15-9-4-10-16(21)18(15)22-17(23)11-25-19(24)14-8-3-6-12-5-1-2-7-13(12)14/h1-10H,11H2,(H,22,23). The Balaban J connectivity index is 1.69. The highest BCUT2D eigenvalue weighted by molar-refractivity contribution is 6.05. The molecule has 0 unspecified atom stereocenters. The fourth-order valence-electron chi connectivity index (χ4n) is 2.40. The number of halogens is 2. The van der Waals surface area contributed by atoms with Crippen LogP contribution in [-0.4, -0.2) is 18.5 Å². The van der Waals surface area contributed by atoms with E-state index in [1.807, 2.05) is 18.2 Å². The molecule has 0 heterocycles. The summed E-state index contributed by atoms with van der Waals surface area (Å²) in [6.07, 6.45) is 0. The molecule has 0 aliphatic carbocycles. The van der Waals surface area contributed by atoms with Gasteiger partial charge < -0.3 is 10.1 Å². The number of rotatable bonds is 4.